The molecule has 0 radical (unpaired) electrons. The minimum Gasteiger partial charge on any atom is -0.497 e. The molecule has 5 nitrogen and oxygen atoms in total. The van der Waals surface area contributed by atoms with Crippen LogP contribution < -0.4 is 4.74 Å². The summed E-state index contributed by atoms with van der Waals surface area (Å²) in [7, 11) is 1.64. The quantitative estimate of drug-likeness (QED) is 0.845. The number of benzene rings is 1. The van der Waals surface area contributed by atoms with Crippen LogP contribution in [0.2, 0.25) is 0 Å². The number of nitrogens with zero attached hydrogens (tertiary/aromatic N) is 2. The molecule has 0 bridgehead atoms. The number of amides is 1. The molecule has 2 aliphatic heterocycles. The number of furan rings is 1. The molecule has 138 valence electrons. The van der Waals surface area contributed by atoms with Gasteiger partial charge in [0.15, 0.2) is 0 Å². The number of fused-ring (bicyclic) bond motifs is 1. The molecule has 2 saturated heterocycles. The first-order chi connectivity index (χ1) is 12.6. The monoisotopic (exact) mass is 354 g/mol. The van der Waals surface area contributed by atoms with Gasteiger partial charge in [-0.2, -0.15) is 0 Å². The van der Waals surface area contributed by atoms with E-state index >= 15 is 0 Å². The van der Waals surface area contributed by atoms with Gasteiger partial charge in [0, 0.05) is 24.7 Å². The minimum atomic E-state index is 0.121. The fraction of sp³-hybridized carbons (Fsp3) is 0.476. The number of rotatable bonds is 4. The molecule has 0 N–H and O–H groups in total. The molecule has 0 saturated carbocycles. The second-order valence-corrected chi connectivity index (χ2v) is 7.39. The Morgan fingerprint density at radius 3 is 2.69 bits per heavy atom. The first-order valence-corrected chi connectivity index (χ1v) is 9.37. The zero-order valence-corrected chi connectivity index (χ0v) is 15.5. The molecule has 26 heavy (non-hydrogen) atoms. The third-order valence-electron chi connectivity index (χ3n) is 5.67. The van der Waals surface area contributed by atoms with E-state index in [0.717, 1.165) is 49.0 Å². The topological polar surface area (TPSA) is 45.9 Å². The molecule has 1 aromatic carbocycles. The number of aryl methyl sites for hydroxylation is 1. The predicted octanol–water partition coefficient (Wildman–Crippen LogP) is 3.33. The average molecular weight is 354 g/mol. The Morgan fingerprint density at radius 2 is 2.00 bits per heavy atom. The van der Waals surface area contributed by atoms with E-state index in [1.54, 1.807) is 7.11 Å². The minimum absolute atomic E-state index is 0.121. The largest absolute Gasteiger partial charge is 0.497 e. The highest BCUT2D eigenvalue weighted by Gasteiger charge is 2.40. The fourth-order valence-corrected chi connectivity index (χ4v) is 4.32. The first-order valence-electron chi connectivity index (χ1n) is 9.37. The van der Waals surface area contributed by atoms with E-state index in [1.807, 2.05) is 42.2 Å². The first kappa shape index (κ1) is 17.2. The van der Waals surface area contributed by atoms with Crippen molar-refractivity contribution in [3.05, 3.63) is 53.5 Å². The molecule has 2 aliphatic rings. The van der Waals surface area contributed by atoms with Crippen LogP contribution in [0, 0.1) is 12.8 Å². The molecule has 5 heteroatoms. The van der Waals surface area contributed by atoms with Gasteiger partial charge >= 0.3 is 0 Å². The molecule has 1 aromatic heterocycles. The van der Waals surface area contributed by atoms with Crippen LogP contribution in [-0.2, 0) is 6.54 Å². The third kappa shape index (κ3) is 3.36. The number of ether oxygens (including phenoxy) is 1. The number of hydrogen-bond donors (Lipinski definition) is 0. The van der Waals surface area contributed by atoms with Crippen molar-refractivity contribution in [2.45, 2.75) is 32.4 Å². The van der Waals surface area contributed by atoms with Crippen LogP contribution >= 0.6 is 0 Å². The zero-order valence-electron chi connectivity index (χ0n) is 15.5. The Labute approximate surface area is 154 Å². The third-order valence-corrected chi connectivity index (χ3v) is 5.67. The summed E-state index contributed by atoms with van der Waals surface area (Å²) in [4.78, 5) is 17.4. The van der Waals surface area contributed by atoms with Crippen LogP contribution in [0.4, 0.5) is 0 Å². The molecule has 2 atom stereocenters. The summed E-state index contributed by atoms with van der Waals surface area (Å²) in [5.74, 6) is 3.42. The van der Waals surface area contributed by atoms with Crippen LogP contribution in [0.5, 0.6) is 5.75 Å². The van der Waals surface area contributed by atoms with Gasteiger partial charge in [0.2, 0.25) is 0 Å². The van der Waals surface area contributed by atoms with E-state index < -0.39 is 0 Å². The van der Waals surface area contributed by atoms with Crippen molar-refractivity contribution >= 4 is 5.91 Å². The summed E-state index contributed by atoms with van der Waals surface area (Å²) in [5, 5.41) is 0. The Kier molecular flexibility index (Phi) is 4.72. The van der Waals surface area contributed by atoms with Crippen LogP contribution in [0.3, 0.4) is 0 Å². The SMILES string of the molecule is COc1ccc(C(=O)N2C[C@H]3CCCN(Cc4ccc(C)o4)[C@H]3C2)cc1. The zero-order chi connectivity index (χ0) is 18.1. The van der Waals surface area contributed by atoms with Crippen molar-refractivity contribution in [3.8, 4) is 5.75 Å². The number of carbonyl (C=O) groups is 1. The number of likely N-dealkylation sites (tertiary alicyclic amines) is 2. The summed E-state index contributed by atoms with van der Waals surface area (Å²) in [6.45, 7) is 5.54. The van der Waals surface area contributed by atoms with Crippen molar-refractivity contribution in [2.75, 3.05) is 26.7 Å². The Morgan fingerprint density at radius 1 is 1.19 bits per heavy atom. The number of hydrogen-bond acceptors (Lipinski definition) is 4. The molecule has 2 fully saturated rings. The van der Waals surface area contributed by atoms with Crippen LogP contribution in [0.1, 0.15) is 34.7 Å². The Bertz CT molecular complexity index is 768. The van der Waals surface area contributed by atoms with Gasteiger partial charge in [-0.25, -0.2) is 0 Å². The summed E-state index contributed by atoms with van der Waals surface area (Å²) in [6, 6.07) is 11.9. The molecule has 4 rings (SSSR count). The molecule has 2 aromatic rings. The highest BCUT2D eigenvalue weighted by atomic mass is 16.5. The molecule has 0 aliphatic carbocycles. The number of methoxy groups -OCH3 is 1. The standard InChI is InChI=1S/C21H26N2O3/c1-15-5-8-19(26-15)13-22-11-3-4-17-12-23(14-20(17)22)21(24)16-6-9-18(25-2)10-7-16/h5-10,17,20H,3-4,11-14H2,1-2H3/t17-,20+/m1/s1. The van der Waals surface area contributed by atoms with Crippen molar-refractivity contribution in [1.82, 2.24) is 9.80 Å². The summed E-state index contributed by atoms with van der Waals surface area (Å²) in [6.07, 6.45) is 2.39. The molecule has 0 unspecified atom stereocenters. The lowest BCUT2D eigenvalue weighted by molar-refractivity contribution is 0.0771. The maximum atomic E-state index is 12.9. The maximum absolute atomic E-state index is 12.9. The van der Waals surface area contributed by atoms with Crippen LogP contribution in [-0.4, -0.2) is 48.5 Å². The number of piperidine rings is 1. The van der Waals surface area contributed by atoms with E-state index in [0.29, 0.717) is 12.0 Å². The van der Waals surface area contributed by atoms with Gasteiger partial charge < -0.3 is 14.1 Å². The highest BCUT2D eigenvalue weighted by Crippen LogP contribution is 2.32. The summed E-state index contributed by atoms with van der Waals surface area (Å²) < 4.78 is 10.9. The molecular weight excluding hydrogens is 328 g/mol. The Hall–Kier alpha value is -2.27. The van der Waals surface area contributed by atoms with Crippen molar-refractivity contribution in [2.24, 2.45) is 5.92 Å². The van der Waals surface area contributed by atoms with E-state index in [-0.39, 0.29) is 5.91 Å². The van der Waals surface area contributed by atoms with Crippen molar-refractivity contribution in [3.63, 3.8) is 0 Å². The average Bonchev–Trinajstić information content (AvgIpc) is 3.28. The van der Waals surface area contributed by atoms with Crippen LogP contribution in [0.25, 0.3) is 0 Å². The van der Waals surface area contributed by atoms with Gasteiger partial charge in [-0.05, 0) is 68.6 Å². The molecular formula is C21H26N2O3. The van der Waals surface area contributed by atoms with Crippen molar-refractivity contribution < 1.29 is 13.9 Å². The van der Waals surface area contributed by atoms with Gasteiger partial charge in [0.05, 0.1) is 13.7 Å². The van der Waals surface area contributed by atoms with E-state index in [2.05, 4.69) is 11.0 Å². The highest BCUT2D eigenvalue weighted by molar-refractivity contribution is 5.94. The van der Waals surface area contributed by atoms with Gasteiger partial charge in [-0.1, -0.05) is 0 Å². The lowest BCUT2D eigenvalue weighted by atomic mass is 9.92. The second-order valence-electron chi connectivity index (χ2n) is 7.39. The molecule has 3 heterocycles. The maximum Gasteiger partial charge on any atom is 0.253 e. The Balaban J connectivity index is 1.45. The van der Waals surface area contributed by atoms with Gasteiger partial charge in [-0.3, -0.25) is 9.69 Å². The molecule has 1 amide bonds. The van der Waals surface area contributed by atoms with E-state index in [4.69, 9.17) is 9.15 Å². The van der Waals surface area contributed by atoms with Crippen molar-refractivity contribution in [1.29, 1.82) is 0 Å². The van der Waals surface area contributed by atoms with Gasteiger partial charge in [0.1, 0.15) is 17.3 Å². The lowest BCUT2D eigenvalue weighted by Gasteiger charge is -2.36. The summed E-state index contributed by atoms with van der Waals surface area (Å²) in [5.41, 5.74) is 0.734. The van der Waals surface area contributed by atoms with E-state index in [1.165, 1.54) is 12.8 Å². The lowest BCUT2D eigenvalue weighted by Crippen LogP contribution is -2.44. The van der Waals surface area contributed by atoms with Gasteiger partial charge in [0.25, 0.3) is 5.91 Å². The smallest absolute Gasteiger partial charge is 0.253 e. The van der Waals surface area contributed by atoms with Gasteiger partial charge in [-0.15, -0.1) is 0 Å². The van der Waals surface area contributed by atoms with Crippen LogP contribution in [0.15, 0.2) is 40.8 Å². The second kappa shape index (κ2) is 7.16. The number of carbonyl (C=O) groups excluding carboxylic acids is 1. The van der Waals surface area contributed by atoms with E-state index in [9.17, 15) is 4.79 Å². The fourth-order valence-electron chi connectivity index (χ4n) is 4.32. The normalized spacial score (nSPS) is 23.1. The summed E-state index contributed by atoms with van der Waals surface area (Å²) >= 11 is 0. The molecule has 0 spiro atoms. The predicted molar refractivity (Wildman–Crippen MR) is 99.3 cm³/mol.